The first-order chi connectivity index (χ1) is 10.7. The largest absolute Gasteiger partial charge is 0.508 e. The van der Waals surface area contributed by atoms with Gasteiger partial charge in [-0.1, -0.05) is 12.1 Å². The highest BCUT2D eigenvalue weighted by Crippen LogP contribution is 2.43. The Morgan fingerprint density at radius 2 is 2.00 bits per heavy atom. The van der Waals surface area contributed by atoms with E-state index in [1.54, 1.807) is 13.2 Å². The van der Waals surface area contributed by atoms with Gasteiger partial charge in [0.25, 0.3) is 0 Å². The van der Waals surface area contributed by atoms with Crippen molar-refractivity contribution in [3.05, 3.63) is 52.6 Å². The number of benzene rings is 2. The molecule has 0 aliphatic carbocycles. The van der Waals surface area contributed by atoms with Crippen LogP contribution in [-0.4, -0.2) is 28.8 Å². The highest BCUT2D eigenvalue weighted by molar-refractivity contribution is 5.50. The second-order valence-corrected chi connectivity index (χ2v) is 6.08. The van der Waals surface area contributed by atoms with Crippen molar-refractivity contribution in [2.45, 2.75) is 25.4 Å². The van der Waals surface area contributed by atoms with Crippen molar-refractivity contribution in [1.82, 2.24) is 4.90 Å². The zero-order valence-electron chi connectivity index (χ0n) is 12.5. The Hall–Kier alpha value is -2.20. The van der Waals surface area contributed by atoms with Crippen LogP contribution in [0.4, 0.5) is 0 Å². The Labute approximate surface area is 129 Å². The zero-order chi connectivity index (χ0) is 15.3. The molecule has 22 heavy (non-hydrogen) atoms. The quantitative estimate of drug-likeness (QED) is 0.850. The van der Waals surface area contributed by atoms with Gasteiger partial charge in [0.15, 0.2) is 11.5 Å². The van der Waals surface area contributed by atoms with Crippen molar-refractivity contribution in [3.63, 3.8) is 0 Å². The number of phenolic OH excluding ortho intramolecular Hbond substituents is 2. The minimum atomic E-state index is 0.199. The maximum absolute atomic E-state index is 10.1. The number of ether oxygens (including phenoxy) is 1. The highest BCUT2D eigenvalue weighted by atomic mass is 16.5. The van der Waals surface area contributed by atoms with E-state index in [9.17, 15) is 10.2 Å². The first-order valence-electron chi connectivity index (χ1n) is 7.61. The van der Waals surface area contributed by atoms with Crippen LogP contribution in [0.25, 0.3) is 0 Å². The lowest BCUT2D eigenvalue weighted by atomic mass is 9.83. The summed E-state index contributed by atoms with van der Waals surface area (Å²) in [5.41, 5.74) is 4.67. The fourth-order valence-electron chi connectivity index (χ4n) is 3.77. The second-order valence-electron chi connectivity index (χ2n) is 6.08. The number of hydrogen-bond donors (Lipinski definition) is 2. The molecule has 4 nitrogen and oxygen atoms in total. The van der Waals surface area contributed by atoms with E-state index in [0.29, 0.717) is 11.5 Å². The van der Waals surface area contributed by atoms with Crippen molar-refractivity contribution in [2.24, 2.45) is 0 Å². The summed E-state index contributed by atoms with van der Waals surface area (Å²) in [5, 5.41) is 20.2. The molecule has 2 aliphatic rings. The number of hydrogen-bond acceptors (Lipinski definition) is 4. The van der Waals surface area contributed by atoms with Crippen LogP contribution in [-0.2, 0) is 19.4 Å². The van der Waals surface area contributed by atoms with Gasteiger partial charge in [0.2, 0.25) is 0 Å². The Balaban J connectivity index is 1.78. The van der Waals surface area contributed by atoms with Gasteiger partial charge in [-0.05, 0) is 47.7 Å². The highest BCUT2D eigenvalue weighted by Gasteiger charge is 2.33. The Kier molecular flexibility index (Phi) is 3.01. The molecular formula is C18H19NO3. The molecule has 0 saturated carbocycles. The molecule has 0 fully saturated rings. The van der Waals surface area contributed by atoms with Gasteiger partial charge in [-0.15, -0.1) is 0 Å². The fourth-order valence-corrected chi connectivity index (χ4v) is 3.77. The SMILES string of the molecule is COc1cc2c(cc1O)C1Cc3cccc(O)c3CN1CC2. The molecule has 0 bridgehead atoms. The van der Waals surface area contributed by atoms with E-state index < -0.39 is 0 Å². The van der Waals surface area contributed by atoms with Crippen molar-refractivity contribution in [1.29, 1.82) is 0 Å². The van der Waals surface area contributed by atoms with E-state index in [4.69, 9.17) is 4.74 Å². The smallest absolute Gasteiger partial charge is 0.160 e. The van der Waals surface area contributed by atoms with Gasteiger partial charge in [0.1, 0.15) is 5.75 Å². The topological polar surface area (TPSA) is 52.9 Å². The predicted octanol–water partition coefficient (Wildman–Crippen LogP) is 2.76. The van der Waals surface area contributed by atoms with Gasteiger partial charge in [0.05, 0.1) is 7.11 Å². The van der Waals surface area contributed by atoms with Gasteiger partial charge in [-0.3, -0.25) is 4.90 Å². The van der Waals surface area contributed by atoms with Crippen LogP contribution < -0.4 is 4.74 Å². The molecule has 0 radical (unpaired) electrons. The minimum absolute atomic E-state index is 0.199. The lowest BCUT2D eigenvalue weighted by Crippen LogP contribution is -2.39. The van der Waals surface area contributed by atoms with Gasteiger partial charge in [-0.25, -0.2) is 0 Å². The summed E-state index contributed by atoms with van der Waals surface area (Å²) in [5.74, 6) is 1.13. The number of phenols is 2. The molecule has 2 heterocycles. The lowest BCUT2D eigenvalue weighted by Gasteiger charge is -2.41. The molecule has 2 aliphatic heterocycles. The summed E-state index contributed by atoms with van der Waals surface area (Å²) in [6.07, 6.45) is 1.80. The molecule has 0 amide bonds. The van der Waals surface area contributed by atoms with Crippen molar-refractivity contribution in [3.8, 4) is 17.2 Å². The van der Waals surface area contributed by atoms with E-state index in [1.165, 1.54) is 16.7 Å². The summed E-state index contributed by atoms with van der Waals surface area (Å²) in [4.78, 5) is 2.39. The van der Waals surface area contributed by atoms with Crippen LogP contribution in [0.1, 0.15) is 28.3 Å². The molecule has 0 aromatic heterocycles. The monoisotopic (exact) mass is 297 g/mol. The van der Waals surface area contributed by atoms with Crippen molar-refractivity contribution < 1.29 is 14.9 Å². The maximum atomic E-state index is 10.1. The predicted molar refractivity (Wildman–Crippen MR) is 83.3 cm³/mol. The van der Waals surface area contributed by atoms with Gasteiger partial charge in [-0.2, -0.15) is 0 Å². The molecule has 114 valence electrons. The van der Waals surface area contributed by atoms with Crippen LogP contribution in [0, 0.1) is 0 Å². The molecule has 2 N–H and O–H groups in total. The summed E-state index contributed by atoms with van der Waals surface area (Å²) >= 11 is 0. The standard InChI is InChI=1S/C18H19NO3/c1-22-18-8-12-5-6-19-10-14-11(3-2-4-16(14)20)7-15(19)13(12)9-17(18)21/h2-4,8-9,15,20-21H,5-7,10H2,1H3. The molecule has 2 aromatic rings. The summed E-state index contributed by atoms with van der Waals surface area (Å²) in [6.45, 7) is 1.72. The number of fused-ring (bicyclic) bond motifs is 4. The summed E-state index contributed by atoms with van der Waals surface area (Å²) in [7, 11) is 1.58. The lowest BCUT2D eigenvalue weighted by molar-refractivity contribution is 0.158. The van der Waals surface area contributed by atoms with Crippen LogP contribution in [0.2, 0.25) is 0 Å². The average Bonchev–Trinajstić information content (AvgIpc) is 2.53. The maximum Gasteiger partial charge on any atom is 0.160 e. The van der Waals surface area contributed by atoms with Crippen molar-refractivity contribution in [2.75, 3.05) is 13.7 Å². The molecule has 1 unspecified atom stereocenters. The van der Waals surface area contributed by atoms with Gasteiger partial charge in [0, 0.05) is 24.7 Å². The van der Waals surface area contributed by atoms with Gasteiger partial charge < -0.3 is 14.9 Å². The normalized spacial score (nSPS) is 20.0. The molecule has 2 aromatic carbocycles. The second kappa shape index (κ2) is 4.92. The first-order valence-corrected chi connectivity index (χ1v) is 7.61. The van der Waals surface area contributed by atoms with Crippen LogP contribution in [0.15, 0.2) is 30.3 Å². The van der Waals surface area contributed by atoms with E-state index in [0.717, 1.165) is 31.5 Å². The zero-order valence-corrected chi connectivity index (χ0v) is 12.5. The third-order valence-electron chi connectivity index (χ3n) is 4.93. The van der Waals surface area contributed by atoms with Crippen LogP contribution in [0.3, 0.4) is 0 Å². The van der Waals surface area contributed by atoms with Crippen molar-refractivity contribution >= 4 is 0 Å². The molecule has 4 rings (SSSR count). The fraction of sp³-hybridized carbons (Fsp3) is 0.333. The van der Waals surface area contributed by atoms with Crippen LogP contribution >= 0.6 is 0 Å². The van der Waals surface area contributed by atoms with Gasteiger partial charge >= 0.3 is 0 Å². The Morgan fingerprint density at radius 1 is 1.14 bits per heavy atom. The van der Waals surface area contributed by atoms with E-state index in [-0.39, 0.29) is 11.8 Å². The summed E-state index contributed by atoms with van der Waals surface area (Å²) in [6, 6.07) is 9.81. The number of methoxy groups -OCH3 is 1. The molecule has 0 saturated heterocycles. The molecule has 0 spiro atoms. The molecule has 4 heteroatoms. The Bertz CT molecular complexity index is 741. The molecular weight excluding hydrogens is 278 g/mol. The van der Waals surface area contributed by atoms with E-state index in [2.05, 4.69) is 11.0 Å². The van der Waals surface area contributed by atoms with E-state index in [1.807, 2.05) is 18.2 Å². The minimum Gasteiger partial charge on any atom is -0.508 e. The average molecular weight is 297 g/mol. The third kappa shape index (κ3) is 1.95. The number of nitrogens with zero attached hydrogens (tertiary/aromatic N) is 1. The van der Waals surface area contributed by atoms with Crippen LogP contribution in [0.5, 0.6) is 17.2 Å². The third-order valence-corrected chi connectivity index (χ3v) is 4.93. The number of aromatic hydroxyl groups is 2. The van der Waals surface area contributed by atoms with E-state index >= 15 is 0 Å². The Morgan fingerprint density at radius 3 is 2.82 bits per heavy atom. The number of rotatable bonds is 1. The summed E-state index contributed by atoms with van der Waals surface area (Å²) < 4.78 is 5.22. The first kappa shape index (κ1) is 13.5. The molecule has 1 atom stereocenters.